The predicted octanol–water partition coefficient (Wildman–Crippen LogP) is 1.72. The first-order valence-corrected chi connectivity index (χ1v) is 6.70. The Bertz CT molecular complexity index is 442. The Kier molecular flexibility index (Phi) is 7.35. The molecule has 0 amide bonds. The maximum absolute atomic E-state index is 11.8. The first-order valence-electron chi connectivity index (χ1n) is 6.70. The molecule has 0 fully saturated rings. The molecule has 0 bridgehead atoms. The standard InChI is InChI=1S/C15H20O5/c1-2-12-7-3-4-8-13(12)15(18)20-11-14(17)19-10-6-5-9-16/h3-4,7-8,16H,2,5-6,9-11H2,1H3. The molecule has 5 heteroatoms. The van der Waals surface area contributed by atoms with Crippen LogP contribution in [0.25, 0.3) is 0 Å². The molecule has 1 aromatic carbocycles. The average Bonchev–Trinajstić information content (AvgIpc) is 2.49. The van der Waals surface area contributed by atoms with Gasteiger partial charge in [0.25, 0.3) is 0 Å². The van der Waals surface area contributed by atoms with Crippen LogP contribution >= 0.6 is 0 Å². The van der Waals surface area contributed by atoms with Gasteiger partial charge in [0.2, 0.25) is 0 Å². The van der Waals surface area contributed by atoms with Crippen molar-refractivity contribution in [2.75, 3.05) is 19.8 Å². The summed E-state index contributed by atoms with van der Waals surface area (Å²) in [5, 5.41) is 8.57. The maximum atomic E-state index is 11.8. The van der Waals surface area contributed by atoms with Gasteiger partial charge < -0.3 is 14.6 Å². The van der Waals surface area contributed by atoms with Crippen molar-refractivity contribution in [2.24, 2.45) is 0 Å². The number of carbonyl (C=O) groups is 2. The molecule has 0 saturated heterocycles. The fourth-order valence-electron chi connectivity index (χ4n) is 1.67. The van der Waals surface area contributed by atoms with Crippen molar-refractivity contribution in [1.29, 1.82) is 0 Å². The fourth-order valence-corrected chi connectivity index (χ4v) is 1.67. The van der Waals surface area contributed by atoms with Crippen LogP contribution in [-0.4, -0.2) is 36.9 Å². The number of ether oxygens (including phenoxy) is 2. The second-order valence-corrected chi connectivity index (χ2v) is 4.24. The first-order chi connectivity index (χ1) is 9.69. The van der Waals surface area contributed by atoms with Crippen LogP contribution in [0.15, 0.2) is 24.3 Å². The van der Waals surface area contributed by atoms with Crippen LogP contribution in [0, 0.1) is 0 Å². The third kappa shape index (κ3) is 5.40. The molecular weight excluding hydrogens is 260 g/mol. The lowest BCUT2D eigenvalue weighted by Gasteiger charge is -2.08. The predicted molar refractivity (Wildman–Crippen MR) is 73.4 cm³/mol. The van der Waals surface area contributed by atoms with Gasteiger partial charge in [-0.25, -0.2) is 9.59 Å². The Labute approximate surface area is 118 Å². The van der Waals surface area contributed by atoms with Crippen LogP contribution < -0.4 is 0 Å². The van der Waals surface area contributed by atoms with Gasteiger partial charge in [-0.3, -0.25) is 0 Å². The minimum absolute atomic E-state index is 0.0698. The van der Waals surface area contributed by atoms with Crippen LogP contribution in [-0.2, 0) is 20.7 Å². The van der Waals surface area contributed by atoms with Crippen LogP contribution in [0.3, 0.4) is 0 Å². The van der Waals surface area contributed by atoms with Crippen molar-refractivity contribution in [2.45, 2.75) is 26.2 Å². The summed E-state index contributed by atoms with van der Waals surface area (Å²) in [5.74, 6) is -1.10. The third-order valence-electron chi connectivity index (χ3n) is 2.75. The summed E-state index contributed by atoms with van der Waals surface area (Å²) in [6, 6.07) is 7.13. The molecule has 1 rings (SSSR count). The number of benzene rings is 1. The summed E-state index contributed by atoms with van der Waals surface area (Å²) >= 11 is 0. The van der Waals surface area contributed by atoms with E-state index in [-0.39, 0.29) is 13.2 Å². The minimum atomic E-state index is -0.578. The second-order valence-electron chi connectivity index (χ2n) is 4.24. The highest BCUT2D eigenvalue weighted by Crippen LogP contribution is 2.10. The lowest BCUT2D eigenvalue weighted by atomic mass is 10.1. The number of carbonyl (C=O) groups excluding carboxylic acids is 2. The molecule has 1 N–H and O–H groups in total. The zero-order valence-corrected chi connectivity index (χ0v) is 11.6. The van der Waals surface area contributed by atoms with Crippen LogP contribution in [0.1, 0.15) is 35.7 Å². The molecule has 20 heavy (non-hydrogen) atoms. The summed E-state index contributed by atoms with van der Waals surface area (Å²) in [4.78, 5) is 23.2. The molecule has 0 aliphatic heterocycles. The lowest BCUT2D eigenvalue weighted by molar-refractivity contribution is -0.147. The highest BCUT2D eigenvalue weighted by Gasteiger charge is 2.13. The van der Waals surface area contributed by atoms with Crippen molar-refractivity contribution < 1.29 is 24.2 Å². The average molecular weight is 280 g/mol. The summed E-state index contributed by atoms with van der Waals surface area (Å²) in [7, 11) is 0. The van der Waals surface area contributed by atoms with Gasteiger partial charge in [-0.15, -0.1) is 0 Å². The Morgan fingerprint density at radius 2 is 1.90 bits per heavy atom. The Morgan fingerprint density at radius 1 is 1.15 bits per heavy atom. The lowest BCUT2D eigenvalue weighted by Crippen LogP contribution is -2.18. The molecule has 0 aliphatic rings. The van der Waals surface area contributed by atoms with Crippen LogP contribution in [0.5, 0.6) is 0 Å². The molecule has 110 valence electrons. The molecule has 0 unspecified atom stereocenters. The Balaban J connectivity index is 2.37. The molecule has 0 radical (unpaired) electrons. The largest absolute Gasteiger partial charge is 0.463 e. The smallest absolute Gasteiger partial charge is 0.344 e. The number of aryl methyl sites for hydroxylation is 1. The van der Waals surface area contributed by atoms with E-state index in [2.05, 4.69) is 0 Å². The summed E-state index contributed by atoms with van der Waals surface area (Å²) in [6.45, 7) is 1.85. The summed E-state index contributed by atoms with van der Waals surface area (Å²) in [6.07, 6.45) is 1.89. The van der Waals surface area contributed by atoms with Crippen molar-refractivity contribution >= 4 is 11.9 Å². The summed E-state index contributed by atoms with van der Waals surface area (Å²) < 4.78 is 9.79. The van der Waals surface area contributed by atoms with Crippen LogP contribution in [0.4, 0.5) is 0 Å². The normalized spacial score (nSPS) is 10.1. The minimum Gasteiger partial charge on any atom is -0.463 e. The molecule has 0 aromatic heterocycles. The number of aliphatic hydroxyl groups excluding tert-OH is 1. The van der Waals surface area contributed by atoms with Gasteiger partial charge in [0.05, 0.1) is 12.2 Å². The number of unbranched alkanes of at least 4 members (excludes halogenated alkanes) is 1. The van der Waals surface area contributed by atoms with E-state index in [9.17, 15) is 9.59 Å². The van der Waals surface area contributed by atoms with E-state index in [1.807, 2.05) is 19.1 Å². The van der Waals surface area contributed by atoms with Gasteiger partial charge in [0.1, 0.15) is 0 Å². The Morgan fingerprint density at radius 3 is 2.60 bits per heavy atom. The first kappa shape index (κ1) is 16.2. The van der Waals surface area contributed by atoms with Crippen molar-refractivity contribution in [3.8, 4) is 0 Å². The molecule has 0 saturated carbocycles. The zero-order chi connectivity index (χ0) is 14.8. The van der Waals surface area contributed by atoms with Gasteiger partial charge >= 0.3 is 11.9 Å². The van der Waals surface area contributed by atoms with Gasteiger partial charge in [0.15, 0.2) is 6.61 Å². The van der Waals surface area contributed by atoms with E-state index in [4.69, 9.17) is 14.6 Å². The third-order valence-corrected chi connectivity index (χ3v) is 2.75. The molecule has 1 aromatic rings. The van der Waals surface area contributed by atoms with Gasteiger partial charge in [-0.1, -0.05) is 25.1 Å². The van der Waals surface area contributed by atoms with Crippen molar-refractivity contribution in [1.82, 2.24) is 0 Å². The topological polar surface area (TPSA) is 72.8 Å². The highest BCUT2D eigenvalue weighted by molar-refractivity contribution is 5.92. The SMILES string of the molecule is CCc1ccccc1C(=O)OCC(=O)OCCCCO. The molecule has 0 atom stereocenters. The van der Waals surface area contributed by atoms with E-state index in [0.717, 1.165) is 12.0 Å². The van der Waals surface area contributed by atoms with Gasteiger partial charge in [-0.2, -0.15) is 0 Å². The number of aliphatic hydroxyl groups is 1. The quantitative estimate of drug-likeness (QED) is 0.580. The molecule has 0 aliphatic carbocycles. The number of rotatable bonds is 8. The van der Waals surface area contributed by atoms with E-state index in [0.29, 0.717) is 18.4 Å². The van der Waals surface area contributed by atoms with Crippen LogP contribution in [0.2, 0.25) is 0 Å². The monoisotopic (exact) mass is 280 g/mol. The van der Waals surface area contributed by atoms with E-state index >= 15 is 0 Å². The number of hydrogen-bond donors (Lipinski definition) is 1. The molecule has 0 heterocycles. The highest BCUT2D eigenvalue weighted by atomic mass is 16.6. The summed E-state index contributed by atoms with van der Waals surface area (Å²) in [5.41, 5.74) is 1.36. The van der Waals surface area contributed by atoms with E-state index in [1.165, 1.54) is 0 Å². The van der Waals surface area contributed by atoms with E-state index in [1.54, 1.807) is 12.1 Å². The van der Waals surface area contributed by atoms with Gasteiger partial charge in [0, 0.05) is 6.61 Å². The molecular formula is C15H20O5. The molecule has 0 spiro atoms. The van der Waals surface area contributed by atoms with Crippen molar-refractivity contribution in [3.63, 3.8) is 0 Å². The zero-order valence-electron chi connectivity index (χ0n) is 11.6. The maximum Gasteiger partial charge on any atom is 0.344 e. The number of esters is 2. The Hall–Kier alpha value is -1.88. The molecule has 5 nitrogen and oxygen atoms in total. The fraction of sp³-hybridized carbons (Fsp3) is 0.467. The number of hydrogen-bond acceptors (Lipinski definition) is 5. The van der Waals surface area contributed by atoms with Gasteiger partial charge in [-0.05, 0) is 30.9 Å². The second kappa shape index (κ2) is 9.09. The van der Waals surface area contributed by atoms with E-state index < -0.39 is 18.5 Å². The van der Waals surface area contributed by atoms with Crippen molar-refractivity contribution in [3.05, 3.63) is 35.4 Å².